The van der Waals surface area contributed by atoms with Gasteiger partial charge >= 0.3 is 0 Å². The van der Waals surface area contributed by atoms with Crippen molar-refractivity contribution < 1.29 is 4.79 Å². The van der Waals surface area contributed by atoms with E-state index in [0.717, 1.165) is 21.9 Å². The quantitative estimate of drug-likeness (QED) is 0.534. The molecule has 0 N–H and O–H groups in total. The minimum atomic E-state index is 0.00596. The topological polar surface area (TPSA) is 17.1 Å². The van der Waals surface area contributed by atoms with E-state index in [1.54, 1.807) is 6.07 Å². The van der Waals surface area contributed by atoms with Crippen LogP contribution in [0.4, 0.5) is 0 Å². The van der Waals surface area contributed by atoms with Crippen LogP contribution in [-0.2, 0) is 0 Å². The first kappa shape index (κ1) is 8.68. The van der Waals surface area contributed by atoms with E-state index in [4.69, 9.17) is 0 Å². The SMILES string of the molecule is Cc1ccccc1C(=O)SS. The van der Waals surface area contributed by atoms with Crippen molar-refractivity contribution in [2.75, 3.05) is 0 Å². The third-order valence-electron chi connectivity index (χ3n) is 1.45. The average Bonchev–Trinajstić information content (AvgIpc) is 2.04. The van der Waals surface area contributed by atoms with Crippen molar-refractivity contribution in [2.24, 2.45) is 0 Å². The molecule has 0 aliphatic heterocycles. The summed E-state index contributed by atoms with van der Waals surface area (Å²) in [7, 11) is 0.948. The normalized spacial score (nSPS) is 9.64. The minimum absolute atomic E-state index is 0.00596. The lowest BCUT2D eigenvalue weighted by molar-refractivity contribution is 0.109. The Hall–Kier alpha value is -0.410. The average molecular weight is 184 g/mol. The zero-order valence-electron chi connectivity index (χ0n) is 6.07. The summed E-state index contributed by atoms with van der Waals surface area (Å²) in [6, 6.07) is 7.48. The highest BCUT2D eigenvalue weighted by Gasteiger charge is 2.05. The number of rotatable bonds is 1. The van der Waals surface area contributed by atoms with Crippen molar-refractivity contribution in [3.63, 3.8) is 0 Å². The van der Waals surface area contributed by atoms with Gasteiger partial charge in [0.25, 0.3) is 0 Å². The Morgan fingerprint density at radius 2 is 2.09 bits per heavy atom. The van der Waals surface area contributed by atoms with Gasteiger partial charge in [-0.1, -0.05) is 24.3 Å². The maximum Gasteiger partial charge on any atom is 0.229 e. The van der Waals surface area contributed by atoms with Crippen LogP contribution in [0.2, 0.25) is 0 Å². The van der Waals surface area contributed by atoms with Gasteiger partial charge in [0, 0.05) is 5.56 Å². The molecular formula is C8H8OS2. The highest BCUT2D eigenvalue weighted by atomic mass is 33.1. The molecule has 0 saturated carbocycles. The maximum atomic E-state index is 11.1. The number of carbonyl (C=O) groups excluding carboxylic acids is 1. The van der Waals surface area contributed by atoms with E-state index in [1.807, 2.05) is 25.1 Å². The molecule has 0 spiro atoms. The summed E-state index contributed by atoms with van der Waals surface area (Å²) in [5, 5.41) is 0.00596. The fraction of sp³-hybridized carbons (Fsp3) is 0.125. The second-order valence-electron chi connectivity index (χ2n) is 2.19. The molecule has 0 aromatic heterocycles. The van der Waals surface area contributed by atoms with Crippen molar-refractivity contribution >= 4 is 27.6 Å². The van der Waals surface area contributed by atoms with E-state index < -0.39 is 0 Å². The Balaban J connectivity index is 3.03. The van der Waals surface area contributed by atoms with Gasteiger partial charge in [-0.3, -0.25) is 4.79 Å². The monoisotopic (exact) mass is 184 g/mol. The zero-order chi connectivity index (χ0) is 8.27. The van der Waals surface area contributed by atoms with Crippen molar-refractivity contribution in [3.05, 3.63) is 35.4 Å². The van der Waals surface area contributed by atoms with Crippen LogP contribution in [0.25, 0.3) is 0 Å². The van der Waals surface area contributed by atoms with Crippen LogP contribution in [-0.4, -0.2) is 5.12 Å². The predicted molar refractivity (Wildman–Crippen MR) is 52.1 cm³/mol. The standard InChI is InChI=1S/C8H8OS2/c1-6-4-2-3-5-7(6)8(9)11-10/h2-5,10H,1H3. The molecule has 0 bridgehead atoms. The van der Waals surface area contributed by atoms with E-state index in [-0.39, 0.29) is 5.12 Å². The molecule has 1 rings (SSSR count). The second-order valence-corrected chi connectivity index (χ2v) is 3.29. The molecule has 1 nitrogen and oxygen atoms in total. The van der Waals surface area contributed by atoms with Crippen LogP contribution >= 0.6 is 22.5 Å². The van der Waals surface area contributed by atoms with E-state index in [1.165, 1.54) is 0 Å². The van der Waals surface area contributed by atoms with Crippen LogP contribution in [0, 0.1) is 6.92 Å². The molecule has 3 heteroatoms. The lowest BCUT2D eigenvalue weighted by atomic mass is 10.1. The summed E-state index contributed by atoms with van der Waals surface area (Å²) >= 11 is 3.84. The molecule has 0 heterocycles. The molecule has 0 atom stereocenters. The van der Waals surface area contributed by atoms with Gasteiger partial charge in [0.05, 0.1) is 0 Å². The van der Waals surface area contributed by atoms with E-state index in [0.29, 0.717) is 0 Å². The molecule has 0 aliphatic rings. The van der Waals surface area contributed by atoms with Gasteiger partial charge in [-0.25, -0.2) is 0 Å². The van der Waals surface area contributed by atoms with Crippen LogP contribution in [0.5, 0.6) is 0 Å². The number of hydrogen-bond acceptors (Lipinski definition) is 3. The van der Waals surface area contributed by atoms with Crippen molar-refractivity contribution in [1.82, 2.24) is 0 Å². The van der Waals surface area contributed by atoms with E-state index in [9.17, 15) is 4.79 Å². The summed E-state index contributed by atoms with van der Waals surface area (Å²) in [5.41, 5.74) is 1.74. The third kappa shape index (κ3) is 2.01. The number of carbonyl (C=O) groups is 1. The largest absolute Gasteiger partial charge is 0.281 e. The van der Waals surface area contributed by atoms with Crippen LogP contribution in [0.1, 0.15) is 15.9 Å². The summed E-state index contributed by atoms with van der Waals surface area (Å²) < 4.78 is 0. The summed E-state index contributed by atoms with van der Waals surface area (Å²) in [6.07, 6.45) is 0. The molecule has 1 aromatic rings. The number of thiol groups is 1. The number of aryl methyl sites for hydroxylation is 1. The van der Waals surface area contributed by atoms with E-state index >= 15 is 0 Å². The highest BCUT2D eigenvalue weighted by molar-refractivity contribution is 8.75. The predicted octanol–water partition coefficient (Wildman–Crippen LogP) is 2.71. The van der Waals surface area contributed by atoms with Crippen molar-refractivity contribution in [1.29, 1.82) is 0 Å². The minimum Gasteiger partial charge on any atom is -0.281 e. The summed E-state index contributed by atoms with van der Waals surface area (Å²) in [5.74, 6) is 0. The first-order valence-corrected chi connectivity index (χ1v) is 5.04. The van der Waals surface area contributed by atoms with E-state index in [2.05, 4.69) is 11.7 Å². The molecular weight excluding hydrogens is 176 g/mol. The number of benzene rings is 1. The summed E-state index contributed by atoms with van der Waals surface area (Å²) in [6.45, 7) is 1.91. The van der Waals surface area contributed by atoms with Crippen LogP contribution in [0.3, 0.4) is 0 Å². The highest BCUT2D eigenvalue weighted by Crippen LogP contribution is 2.17. The van der Waals surface area contributed by atoms with Gasteiger partial charge in [-0.2, -0.15) is 0 Å². The Labute approximate surface area is 75.0 Å². The Morgan fingerprint density at radius 3 is 2.64 bits per heavy atom. The third-order valence-corrected chi connectivity index (χ3v) is 2.33. The van der Waals surface area contributed by atoms with Crippen LogP contribution in [0.15, 0.2) is 24.3 Å². The van der Waals surface area contributed by atoms with Gasteiger partial charge in [-0.05, 0) is 23.3 Å². The molecule has 0 unspecified atom stereocenters. The maximum absolute atomic E-state index is 11.1. The second kappa shape index (κ2) is 3.83. The van der Waals surface area contributed by atoms with Gasteiger partial charge < -0.3 is 0 Å². The molecule has 11 heavy (non-hydrogen) atoms. The molecule has 0 saturated heterocycles. The molecule has 0 aliphatic carbocycles. The first-order chi connectivity index (χ1) is 5.25. The first-order valence-electron chi connectivity index (χ1n) is 3.17. The Morgan fingerprint density at radius 1 is 1.45 bits per heavy atom. The van der Waals surface area contributed by atoms with Gasteiger partial charge in [0.1, 0.15) is 0 Å². The molecule has 0 fully saturated rings. The lowest BCUT2D eigenvalue weighted by Gasteiger charge is -1.99. The Kier molecular flexibility index (Phi) is 3.02. The van der Waals surface area contributed by atoms with Crippen molar-refractivity contribution in [2.45, 2.75) is 6.92 Å². The fourth-order valence-corrected chi connectivity index (χ4v) is 1.47. The van der Waals surface area contributed by atoms with Gasteiger partial charge in [0.15, 0.2) is 0 Å². The molecule has 1 aromatic carbocycles. The van der Waals surface area contributed by atoms with Crippen LogP contribution < -0.4 is 0 Å². The Bertz CT molecular complexity index is 271. The smallest absolute Gasteiger partial charge is 0.229 e. The zero-order valence-corrected chi connectivity index (χ0v) is 7.78. The summed E-state index contributed by atoms with van der Waals surface area (Å²) in [4.78, 5) is 11.1. The fourth-order valence-electron chi connectivity index (χ4n) is 0.851. The number of hydrogen-bond donors (Lipinski definition) is 1. The molecule has 0 amide bonds. The van der Waals surface area contributed by atoms with Gasteiger partial charge in [0.2, 0.25) is 5.12 Å². The molecule has 0 radical (unpaired) electrons. The van der Waals surface area contributed by atoms with Gasteiger partial charge in [-0.15, -0.1) is 11.7 Å². The van der Waals surface area contributed by atoms with Crippen molar-refractivity contribution in [3.8, 4) is 0 Å². The lowest BCUT2D eigenvalue weighted by Crippen LogP contribution is -1.93. The molecule has 58 valence electrons.